The molecule has 5 heteroatoms. The summed E-state index contributed by atoms with van der Waals surface area (Å²) in [6.07, 6.45) is 3.30. The minimum atomic E-state index is -0.463. The van der Waals surface area contributed by atoms with Crippen LogP contribution in [0.1, 0.15) is 22.8 Å². The highest BCUT2D eigenvalue weighted by Gasteiger charge is 2.15. The Balaban J connectivity index is 1.79. The quantitative estimate of drug-likeness (QED) is 0.676. The van der Waals surface area contributed by atoms with E-state index in [4.69, 9.17) is 9.47 Å². The van der Waals surface area contributed by atoms with E-state index in [1.807, 2.05) is 37.3 Å². The third-order valence-electron chi connectivity index (χ3n) is 3.35. The van der Waals surface area contributed by atoms with Crippen LogP contribution in [0.15, 0.2) is 54.9 Å². The van der Waals surface area contributed by atoms with Crippen LogP contribution >= 0.6 is 0 Å². The number of carbonyl (C=O) groups is 1. The second-order valence-corrected chi connectivity index (χ2v) is 4.86. The van der Waals surface area contributed by atoms with Crippen molar-refractivity contribution in [1.29, 1.82) is 0 Å². The highest BCUT2D eigenvalue weighted by Crippen LogP contribution is 2.19. The van der Waals surface area contributed by atoms with Crippen molar-refractivity contribution in [2.24, 2.45) is 0 Å². The van der Waals surface area contributed by atoms with Crippen LogP contribution in [-0.4, -0.2) is 22.5 Å². The van der Waals surface area contributed by atoms with E-state index in [2.05, 4.69) is 9.97 Å². The Morgan fingerprint density at radius 3 is 2.70 bits per heavy atom. The number of fused-ring (bicyclic) bond motifs is 1. The number of ether oxygens (including phenoxy) is 2. The largest absolute Gasteiger partial charge is 0.477 e. The molecule has 2 heterocycles. The number of hydrogen-bond donors (Lipinski definition) is 0. The van der Waals surface area contributed by atoms with E-state index in [0.29, 0.717) is 12.2 Å². The first-order valence-electron chi connectivity index (χ1n) is 7.37. The molecule has 0 unspecified atom stereocenters. The highest BCUT2D eigenvalue weighted by atomic mass is 16.5. The third-order valence-corrected chi connectivity index (χ3v) is 3.35. The number of pyridine rings is 2. The van der Waals surface area contributed by atoms with Crippen LogP contribution in [-0.2, 0) is 11.3 Å². The molecule has 116 valence electrons. The molecule has 0 N–H and O–H groups in total. The Morgan fingerprint density at radius 2 is 1.83 bits per heavy atom. The lowest BCUT2D eigenvalue weighted by Crippen LogP contribution is -2.09. The van der Waals surface area contributed by atoms with E-state index < -0.39 is 5.97 Å². The minimum Gasteiger partial charge on any atom is -0.477 e. The van der Waals surface area contributed by atoms with Crippen LogP contribution in [0.25, 0.3) is 10.9 Å². The summed E-state index contributed by atoms with van der Waals surface area (Å²) in [5, 5.41) is 1.01. The van der Waals surface area contributed by atoms with Crippen molar-refractivity contribution in [3.05, 3.63) is 66.0 Å². The Morgan fingerprint density at radius 1 is 1.04 bits per heavy atom. The van der Waals surface area contributed by atoms with Gasteiger partial charge in [-0.3, -0.25) is 4.98 Å². The Bertz CT molecular complexity index is 828. The highest BCUT2D eigenvalue weighted by molar-refractivity contribution is 5.92. The molecule has 0 saturated carbocycles. The molecule has 0 spiro atoms. The van der Waals surface area contributed by atoms with Gasteiger partial charge in [0.2, 0.25) is 5.88 Å². The van der Waals surface area contributed by atoms with Gasteiger partial charge in [-0.1, -0.05) is 24.3 Å². The molecule has 0 bridgehead atoms. The van der Waals surface area contributed by atoms with Crippen molar-refractivity contribution >= 4 is 16.9 Å². The molecule has 0 radical (unpaired) electrons. The number of aromatic nitrogens is 2. The molecule has 0 atom stereocenters. The fourth-order valence-corrected chi connectivity index (χ4v) is 2.30. The van der Waals surface area contributed by atoms with E-state index in [9.17, 15) is 4.79 Å². The first-order valence-corrected chi connectivity index (χ1v) is 7.37. The summed E-state index contributed by atoms with van der Waals surface area (Å²) in [7, 11) is 0. The van der Waals surface area contributed by atoms with Gasteiger partial charge >= 0.3 is 5.97 Å². The molecule has 0 saturated heterocycles. The molecule has 0 aliphatic heterocycles. The molecular formula is C18H16N2O3. The summed E-state index contributed by atoms with van der Waals surface area (Å²) in [6.45, 7) is 2.42. The van der Waals surface area contributed by atoms with Gasteiger partial charge in [0.1, 0.15) is 12.2 Å². The van der Waals surface area contributed by atoms with Gasteiger partial charge in [0.25, 0.3) is 0 Å². The zero-order valence-electron chi connectivity index (χ0n) is 12.7. The van der Waals surface area contributed by atoms with Crippen LogP contribution in [0.5, 0.6) is 5.88 Å². The number of para-hydroxylation sites is 1. The van der Waals surface area contributed by atoms with Crippen molar-refractivity contribution in [3.8, 4) is 5.88 Å². The Kier molecular flexibility index (Phi) is 4.47. The summed E-state index contributed by atoms with van der Waals surface area (Å²) >= 11 is 0. The number of nitrogens with zero attached hydrogens (tertiary/aromatic N) is 2. The van der Waals surface area contributed by atoms with Gasteiger partial charge < -0.3 is 9.47 Å². The summed E-state index contributed by atoms with van der Waals surface area (Å²) in [5.41, 5.74) is 2.01. The molecule has 0 amide bonds. The average Bonchev–Trinajstić information content (AvgIpc) is 2.60. The molecule has 1 aromatic carbocycles. The Labute approximate surface area is 133 Å². The van der Waals surface area contributed by atoms with Gasteiger partial charge in [-0.05, 0) is 25.1 Å². The minimum absolute atomic E-state index is 0.146. The molecule has 5 nitrogen and oxygen atoms in total. The fraction of sp³-hybridized carbons (Fsp3) is 0.167. The van der Waals surface area contributed by atoms with Crippen molar-refractivity contribution in [1.82, 2.24) is 9.97 Å². The SMILES string of the molecule is CCOc1ncccc1C(=O)OCc1cccc2cccnc12. The zero-order chi connectivity index (χ0) is 16.1. The molecule has 3 aromatic rings. The molecule has 0 aliphatic rings. The maximum atomic E-state index is 12.3. The maximum absolute atomic E-state index is 12.3. The smallest absolute Gasteiger partial charge is 0.343 e. The first kappa shape index (κ1) is 15.0. The van der Waals surface area contributed by atoms with Crippen molar-refractivity contribution in [2.45, 2.75) is 13.5 Å². The molecule has 0 fully saturated rings. The lowest BCUT2D eigenvalue weighted by Gasteiger charge is -2.10. The summed E-state index contributed by atoms with van der Waals surface area (Å²) < 4.78 is 10.8. The number of benzene rings is 1. The lowest BCUT2D eigenvalue weighted by molar-refractivity contribution is 0.0469. The Hall–Kier alpha value is -2.95. The van der Waals surface area contributed by atoms with Crippen LogP contribution in [0.3, 0.4) is 0 Å². The van der Waals surface area contributed by atoms with Gasteiger partial charge in [0.05, 0.1) is 12.1 Å². The predicted molar refractivity (Wildman–Crippen MR) is 86.3 cm³/mol. The van der Waals surface area contributed by atoms with Gasteiger partial charge in [-0.15, -0.1) is 0 Å². The van der Waals surface area contributed by atoms with Crippen LogP contribution < -0.4 is 4.74 Å². The number of hydrogen-bond acceptors (Lipinski definition) is 5. The maximum Gasteiger partial charge on any atom is 0.343 e. The van der Waals surface area contributed by atoms with Gasteiger partial charge in [-0.2, -0.15) is 0 Å². The van der Waals surface area contributed by atoms with E-state index in [1.54, 1.807) is 24.5 Å². The van der Waals surface area contributed by atoms with Crippen LogP contribution in [0, 0.1) is 0 Å². The van der Waals surface area contributed by atoms with E-state index in [0.717, 1.165) is 16.5 Å². The topological polar surface area (TPSA) is 61.3 Å². The number of esters is 1. The number of rotatable bonds is 5. The van der Waals surface area contributed by atoms with Gasteiger partial charge in [-0.25, -0.2) is 9.78 Å². The van der Waals surface area contributed by atoms with E-state index >= 15 is 0 Å². The molecule has 23 heavy (non-hydrogen) atoms. The van der Waals surface area contributed by atoms with Crippen molar-refractivity contribution in [2.75, 3.05) is 6.61 Å². The lowest BCUT2D eigenvalue weighted by atomic mass is 10.1. The fourth-order valence-electron chi connectivity index (χ4n) is 2.30. The van der Waals surface area contributed by atoms with Crippen LogP contribution in [0.4, 0.5) is 0 Å². The molecule has 3 rings (SSSR count). The normalized spacial score (nSPS) is 10.5. The number of carbonyl (C=O) groups excluding carboxylic acids is 1. The summed E-state index contributed by atoms with van der Waals surface area (Å²) in [4.78, 5) is 20.7. The van der Waals surface area contributed by atoms with Gasteiger partial charge in [0.15, 0.2) is 0 Å². The molecule has 0 aliphatic carbocycles. The molecular weight excluding hydrogens is 292 g/mol. The third kappa shape index (κ3) is 3.29. The zero-order valence-corrected chi connectivity index (χ0v) is 12.7. The van der Waals surface area contributed by atoms with E-state index in [-0.39, 0.29) is 12.5 Å². The van der Waals surface area contributed by atoms with Crippen LogP contribution in [0.2, 0.25) is 0 Å². The van der Waals surface area contributed by atoms with Gasteiger partial charge in [0, 0.05) is 23.3 Å². The monoisotopic (exact) mass is 308 g/mol. The second kappa shape index (κ2) is 6.87. The second-order valence-electron chi connectivity index (χ2n) is 4.86. The standard InChI is InChI=1S/C18H16N2O3/c1-2-22-17-15(9-5-11-20-17)18(21)23-12-14-7-3-6-13-8-4-10-19-16(13)14/h3-11H,2,12H2,1H3. The summed E-state index contributed by atoms with van der Waals surface area (Å²) in [5.74, 6) is -0.175. The predicted octanol–water partition coefficient (Wildman–Crippen LogP) is 3.39. The van der Waals surface area contributed by atoms with Crippen molar-refractivity contribution < 1.29 is 14.3 Å². The molecule has 2 aromatic heterocycles. The van der Waals surface area contributed by atoms with Crippen molar-refractivity contribution in [3.63, 3.8) is 0 Å². The first-order chi connectivity index (χ1) is 11.3. The summed E-state index contributed by atoms with van der Waals surface area (Å²) in [6, 6.07) is 13.0. The average molecular weight is 308 g/mol. The van der Waals surface area contributed by atoms with E-state index in [1.165, 1.54) is 0 Å².